The molecule has 0 amide bonds. The molecule has 0 aromatic heterocycles. The monoisotopic (exact) mass is 963 g/mol. The van der Waals surface area contributed by atoms with Gasteiger partial charge in [-0.05, 0) is 103 Å². The molecule has 0 aliphatic heterocycles. The van der Waals surface area contributed by atoms with Crippen LogP contribution < -0.4 is 0 Å². The van der Waals surface area contributed by atoms with Gasteiger partial charge in [0, 0.05) is 19.3 Å². The summed E-state index contributed by atoms with van der Waals surface area (Å²) < 4.78 is 17.2. The molecule has 0 heterocycles. The minimum absolute atomic E-state index is 0.0850. The highest BCUT2D eigenvalue weighted by atomic mass is 16.8. The van der Waals surface area contributed by atoms with Gasteiger partial charge in [-0.25, -0.2) is 0 Å². The van der Waals surface area contributed by atoms with Gasteiger partial charge < -0.3 is 34.6 Å². The van der Waals surface area contributed by atoms with Crippen LogP contribution >= 0.6 is 0 Å². The second kappa shape index (κ2) is 48.1. The lowest BCUT2D eigenvalue weighted by molar-refractivity contribution is -0.274. The van der Waals surface area contributed by atoms with Gasteiger partial charge >= 0.3 is 23.7 Å². The zero-order valence-corrected chi connectivity index (χ0v) is 44.3. The maximum Gasteiger partial charge on any atom is 0.316 e. The van der Waals surface area contributed by atoms with E-state index in [-0.39, 0.29) is 37.6 Å². The number of ether oxygens (including phenoxy) is 3. The molecular weight excluding hydrogens is 857 g/mol. The average Bonchev–Trinajstić information content (AvgIpc) is 3.32. The fraction of sp³-hybridized carbons (Fsp3) is 0.845. The minimum Gasteiger partial charge on any atom is -0.454 e. The van der Waals surface area contributed by atoms with Gasteiger partial charge in [-0.1, -0.05) is 192 Å². The number of allylic oxidation sites excluding steroid dienone is 3. The molecule has 0 aliphatic carbocycles. The number of carbonyl (C=O) groups is 3. The molecule has 10 heteroatoms. The molecule has 0 saturated heterocycles. The van der Waals surface area contributed by atoms with Gasteiger partial charge in [0.15, 0.2) is 6.10 Å². The summed E-state index contributed by atoms with van der Waals surface area (Å²) in [5.41, 5.74) is 0. The Labute approximate surface area is 416 Å². The van der Waals surface area contributed by atoms with Crippen molar-refractivity contribution < 1.29 is 49.0 Å². The Bertz CT molecular complexity index is 1190. The Morgan fingerprint density at radius 2 is 0.706 bits per heavy atom. The Morgan fingerprint density at radius 1 is 0.412 bits per heavy atom. The Hall–Kier alpha value is -2.53. The summed E-state index contributed by atoms with van der Waals surface area (Å²) in [4.78, 5) is 39.4. The third kappa shape index (κ3) is 41.3. The Morgan fingerprint density at radius 3 is 1.03 bits per heavy atom. The lowest BCUT2D eigenvalue weighted by Gasteiger charge is -2.35. The van der Waals surface area contributed by atoms with Crippen LogP contribution in [0.5, 0.6) is 0 Å². The smallest absolute Gasteiger partial charge is 0.316 e. The number of carbonyl (C=O) groups excluding carboxylic acids is 3. The van der Waals surface area contributed by atoms with Gasteiger partial charge in [0.1, 0.15) is 6.61 Å². The first kappa shape index (κ1) is 65.5. The first-order valence-corrected chi connectivity index (χ1v) is 28.3. The first-order chi connectivity index (χ1) is 33.0. The number of hydrogen-bond acceptors (Lipinski definition) is 10. The van der Waals surface area contributed by atoms with Crippen molar-refractivity contribution in [3.05, 3.63) is 36.5 Å². The van der Waals surface area contributed by atoms with E-state index in [1.165, 1.54) is 64.7 Å². The van der Waals surface area contributed by atoms with Crippen LogP contribution in [0.2, 0.25) is 0 Å². The van der Waals surface area contributed by atoms with E-state index in [9.17, 15) is 34.8 Å². The van der Waals surface area contributed by atoms with E-state index in [1.54, 1.807) is 0 Å². The number of aliphatic hydroxyl groups is 4. The summed E-state index contributed by atoms with van der Waals surface area (Å²) in [5.74, 6) is -3.86. The molecule has 4 atom stereocenters. The van der Waals surface area contributed by atoms with Gasteiger partial charge in [-0.2, -0.15) is 0 Å². The highest BCUT2D eigenvalue weighted by molar-refractivity contribution is 5.73. The van der Waals surface area contributed by atoms with Crippen molar-refractivity contribution in [1.82, 2.24) is 0 Å². The quantitative estimate of drug-likeness (QED) is 0.0200. The molecule has 0 rings (SSSR count). The standard InChI is InChI=1S/C58H106O10/c1-5-8-11-32-41-52(60)44-35-26-20-14-17-23-29-38-47-55(63)66-51(4)58(50-59,67-56(64)48-39-30-24-18-15-21-27-36-45-53(61)42-33-12-9-6-2)68-57(65)49-40-31-25-19-16-22-28-37-46-54(62)43-34-13-10-7-3/h26-28,35-37,51-54,59-62H,5-25,29-34,38-50H2,1-4H3/b35-26-,36-27-,37-28-. The van der Waals surface area contributed by atoms with Crippen LogP contribution in [-0.4, -0.2) is 75.1 Å². The lowest BCUT2D eigenvalue weighted by Crippen LogP contribution is -2.53. The zero-order valence-electron chi connectivity index (χ0n) is 44.3. The highest BCUT2D eigenvalue weighted by Gasteiger charge is 2.46. The second-order valence-corrected chi connectivity index (χ2v) is 19.6. The Balaban J connectivity index is 4.90. The fourth-order valence-electron chi connectivity index (χ4n) is 8.29. The molecular formula is C58H106O10. The molecule has 4 N–H and O–H groups in total. The van der Waals surface area contributed by atoms with E-state index in [0.29, 0.717) is 38.5 Å². The van der Waals surface area contributed by atoms with Crippen LogP contribution in [0.15, 0.2) is 36.5 Å². The van der Waals surface area contributed by atoms with Gasteiger partial charge in [-0.3, -0.25) is 14.4 Å². The van der Waals surface area contributed by atoms with E-state index < -0.39 is 36.4 Å². The van der Waals surface area contributed by atoms with E-state index in [1.807, 2.05) is 0 Å². The molecule has 0 aliphatic rings. The topological polar surface area (TPSA) is 160 Å². The molecule has 10 nitrogen and oxygen atoms in total. The molecule has 398 valence electrons. The molecule has 0 aromatic carbocycles. The maximum absolute atomic E-state index is 13.2. The highest BCUT2D eigenvalue weighted by Crippen LogP contribution is 2.25. The number of hydrogen-bond donors (Lipinski definition) is 4. The van der Waals surface area contributed by atoms with E-state index in [0.717, 1.165) is 135 Å². The molecule has 0 fully saturated rings. The molecule has 0 spiro atoms. The van der Waals surface area contributed by atoms with Crippen molar-refractivity contribution in [2.45, 2.75) is 308 Å². The normalized spacial score (nSPS) is 14.6. The van der Waals surface area contributed by atoms with Crippen molar-refractivity contribution >= 4 is 17.9 Å². The van der Waals surface area contributed by atoms with Crippen LogP contribution in [0.1, 0.15) is 278 Å². The second-order valence-electron chi connectivity index (χ2n) is 19.6. The largest absolute Gasteiger partial charge is 0.454 e. The summed E-state index contributed by atoms with van der Waals surface area (Å²) >= 11 is 0. The summed E-state index contributed by atoms with van der Waals surface area (Å²) in [6.07, 6.45) is 46.1. The van der Waals surface area contributed by atoms with Crippen molar-refractivity contribution in [2.75, 3.05) is 6.61 Å². The molecule has 0 radical (unpaired) electrons. The Kier molecular flexibility index (Phi) is 46.3. The summed E-state index contributed by atoms with van der Waals surface area (Å²) in [5, 5.41) is 41.1. The molecule has 0 aromatic rings. The van der Waals surface area contributed by atoms with Crippen molar-refractivity contribution in [3.63, 3.8) is 0 Å². The van der Waals surface area contributed by atoms with Crippen molar-refractivity contribution in [1.29, 1.82) is 0 Å². The zero-order chi connectivity index (χ0) is 50.2. The summed E-state index contributed by atoms with van der Waals surface area (Å²) in [7, 11) is 0. The van der Waals surface area contributed by atoms with Crippen molar-refractivity contribution in [2.24, 2.45) is 0 Å². The van der Waals surface area contributed by atoms with Gasteiger partial charge in [0.25, 0.3) is 0 Å². The average molecular weight is 963 g/mol. The molecule has 68 heavy (non-hydrogen) atoms. The van der Waals surface area contributed by atoms with E-state index in [4.69, 9.17) is 14.2 Å². The third-order valence-electron chi connectivity index (χ3n) is 12.9. The SMILES string of the molecule is CCCCCCC(O)C/C=C\CCCCCCCC(=O)OC(C)C(CO)(OC(=O)CCCCCCC/C=C\CC(O)CCCCCC)OC(=O)CCCCCCC/C=C\CC(O)CCCCCC. The van der Waals surface area contributed by atoms with Crippen LogP contribution in [0, 0.1) is 0 Å². The molecule has 0 bridgehead atoms. The predicted octanol–water partition coefficient (Wildman–Crippen LogP) is 14.7. The number of unbranched alkanes of at least 4 members (excludes halogenated alkanes) is 24. The van der Waals surface area contributed by atoms with Crippen molar-refractivity contribution in [3.8, 4) is 0 Å². The van der Waals surface area contributed by atoms with Gasteiger partial charge in [0.2, 0.25) is 0 Å². The van der Waals surface area contributed by atoms with Crippen LogP contribution in [-0.2, 0) is 28.6 Å². The van der Waals surface area contributed by atoms with E-state index >= 15 is 0 Å². The first-order valence-electron chi connectivity index (χ1n) is 28.3. The summed E-state index contributed by atoms with van der Waals surface area (Å²) in [6, 6.07) is 0. The van der Waals surface area contributed by atoms with Crippen LogP contribution in [0.4, 0.5) is 0 Å². The molecule has 0 saturated carbocycles. The van der Waals surface area contributed by atoms with Gasteiger partial charge in [-0.15, -0.1) is 0 Å². The van der Waals surface area contributed by atoms with E-state index in [2.05, 4.69) is 57.2 Å². The number of esters is 3. The number of aliphatic hydroxyl groups excluding tert-OH is 4. The van der Waals surface area contributed by atoms with Crippen LogP contribution in [0.3, 0.4) is 0 Å². The van der Waals surface area contributed by atoms with Gasteiger partial charge in [0.05, 0.1) is 18.3 Å². The minimum atomic E-state index is -2.13. The summed E-state index contributed by atoms with van der Waals surface area (Å²) in [6.45, 7) is 7.23. The van der Waals surface area contributed by atoms with Crippen LogP contribution in [0.25, 0.3) is 0 Å². The number of rotatable bonds is 50. The molecule has 4 unspecified atom stereocenters. The maximum atomic E-state index is 13.2. The predicted molar refractivity (Wildman–Crippen MR) is 280 cm³/mol. The fourth-order valence-corrected chi connectivity index (χ4v) is 8.29. The third-order valence-corrected chi connectivity index (χ3v) is 12.9. The lowest BCUT2D eigenvalue weighted by atomic mass is 10.1.